The van der Waals surface area contributed by atoms with Crippen molar-refractivity contribution in [2.24, 2.45) is 0 Å². The molecule has 55 heavy (non-hydrogen) atoms. The van der Waals surface area contributed by atoms with E-state index in [1.807, 2.05) is 12.3 Å². The molecule has 0 bridgehead atoms. The number of rotatable bonds is 4. The van der Waals surface area contributed by atoms with Gasteiger partial charge in [-0.15, -0.1) is 0 Å². The van der Waals surface area contributed by atoms with Gasteiger partial charge in [0.05, 0.1) is 16.6 Å². The van der Waals surface area contributed by atoms with Crippen LogP contribution in [0, 0.1) is 0 Å². The number of hydrogen-bond acceptors (Lipinski definition) is 1. The standard InChI is InChI=1S/C53H32N2/c1-3-14-33(15-4-1)48-40-21-7-8-22-41(40)49(34-16-5-2-6-17-34)52-45-28-27-37(39-23-12-24-44(50(39)45)51(48)52)35-18-11-19-36(32-35)55-47-26-10-9-20-38(47)42-29-30-46-43(53(42)55)25-13-31-54-46/h1-32H. The molecule has 1 aliphatic carbocycles. The molecule has 0 saturated heterocycles. The molecule has 1 aliphatic rings. The Hall–Kier alpha value is -7.29. The first-order valence-electron chi connectivity index (χ1n) is 19.0. The highest BCUT2D eigenvalue weighted by molar-refractivity contribution is 6.29. The van der Waals surface area contributed by atoms with Crippen molar-refractivity contribution in [1.82, 2.24) is 9.55 Å². The molecule has 2 nitrogen and oxygen atoms in total. The Balaban J connectivity index is 1.14. The van der Waals surface area contributed by atoms with E-state index in [1.165, 1.54) is 99.0 Å². The van der Waals surface area contributed by atoms with E-state index in [2.05, 4.69) is 187 Å². The van der Waals surface area contributed by atoms with Gasteiger partial charge in [-0.3, -0.25) is 4.98 Å². The third kappa shape index (κ3) is 4.28. The smallest absolute Gasteiger partial charge is 0.0723 e. The second-order valence-corrected chi connectivity index (χ2v) is 14.6. The second-order valence-electron chi connectivity index (χ2n) is 14.6. The van der Waals surface area contributed by atoms with Gasteiger partial charge in [0.25, 0.3) is 0 Å². The fraction of sp³-hybridized carbons (Fsp3) is 0. The van der Waals surface area contributed by atoms with Crippen LogP contribution in [-0.2, 0) is 0 Å². The Morgan fingerprint density at radius 2 is 0.927 bits per heavy atom. The molecule has 9 aromatic carbocycles. The molecule has 0 saturated carbocycles. The number of aromatic nitrogens is 2. The summed E-state index contributed by atoms with van der Waals surface area (Å²) >= 11 is 0. The molecule has 0 radical (unpaired) electrons. The van der Waals surface area contributed by atoms with Gasteiger partial charge in [-0.1, -0.05) is 152 Å². The van der Waals surface area contributed by atoms with Crippen molar-refractivity contribution in [3.05, 3.63) is 194 Å². The van der Waals surface area contributed by atoms with Crippen LogP contribution in [0.5, 0.6) is 0 Å². The average molecular weight is 697 g/mol. The first kappa shape index (κ1) is 30.2. The van der Waals surface area contributed by atoms with Crippen LogP contribution in [-0.4, -0.2) is 9.55 Å². The fourth-order valence-corrected chi connectivity index (χ4v) is 9.55. The number of benzene rings is 9. The topological polar surface area (TPSA) is 17.8 Å². The van der Waals surface area contributed by atoms with E-state index in [0.717, 1.165) is 16.6 Å². The van der Waals surface area contributed by atoms with Gasteiger partial charge in [-0.25, -0.2) is 0 Å². The molecule has 0 unspecified atom stereocenters. The predicted molar refractivity (Wildman–Crippen MR) is 232 cm³/mol. The Kier molecular flexibility index (Phi) is 6.37. The van der Waals surface area contributed by atoms with Gasteiger partial charge < -0.3 is 4.57 Å². The minimum Gasteiger partial charge on any atom is -0.309 e. The van der Waals surface area contributed by atoms with Crippen molar-refractivity contribution in [3.63, 3.8) is 0 Å². The van der Waals surface area contributed by atoms with Crippen LogP contribution >= 0.6 is 0 Å². The summed E-state index contributed by atoms with van der Waals surface area (Å²) in [5, 5.41) is 8.77. The number of pyridine rings is 1. The Bertz CT molecular complexity index is 3260. The zero-order chi connectivity index (χ0) is 36.0. The molecule has 2 heteroatoms. The zero-order valence-corrected chi connectivity index (χ0v) is 29.9. The van der Waals surface area contributed by atoms with Gasteiger partial charge >= 0.3 is 0 Å². The first-order valence-corrected chi connectivity index (χ1v) is 19.0. The van der Waals surface area contributed by atoms with Crippen LogP contribution in [0.3, 0.4) is 0 Å². The molecule has 11 aromatic rings. The maximum Gasteiger partial charge on any atom is 0.0723 e. The number of nitrogens with zero attached hydrogens (tertiary/aromatic N) is 2. The first-order chi connectivity index (χ1) is 27.3. The number of fused-ring (bicyclic) bond motifs is 9. The van der Waals surface area contributed by atoms with Gasteiger partial charge in [0.15, 0.2) is 0 Å². The quantitative estimate of drug-likeness (QED) is 0.179. The lowest BCUT2D eigenvalue weighted by molar-refractivity contribution is 1.19. The van der Waals surface area contributed by atoms with Crippen molar-refractivity contribution in [2.45, 2.75) is 0 Å². The summed E-state index contributed by atoms with van der Waals surface area (Å²) in [5.41, 5.74) is 17.2. The van der Waals surface area contributed by atoms with Gasteiger partial charge in [0.1, 0.15) is 0 Å². The van der Waals surface area contributed by atoms with Gasteiger partial charge in [-0.05, 0) is 114 Å². The fourth-order valence-electron chi connectivity index (χ4n) is 9.55. The summed E-state index contributed by atoms with van der Waals surface area (Å²) in [4.78, 5) is 4.73. The van der Waals surface area contributed by atoms with E-state index >= 15 is 0 Å². The average Bonchev–Trinajstić information content (AvgIpc) is 3.78. The van der Waals surface area contributed by atoms with Crippen molar-refractivity contribution in [3.8, 4) is 61.3 Å². The molecule has 0 aliphatic heterocycles. The Labute approximate surface area is 318 Å². The molecule has 254 valence electrons. The summed E-state index contributed by atoms with van der Waals surface area (Å²) in [6.45, 7) is 0. The molecule has 0 spiro atoms. The summed E-state index contributed by atoms with van der Waals surface area (Å²) in [6.07, 6.45) is 1.88. The lowest BCUT2D eigenvalue weighted by Gasteiger charge is -2.20. The van der Waals surface area contributed by atoms with E-state index < -0.39 is 0 Å². The van der Waals surface area contributed by atoms with Crippen LogP contribution in [0.2, 0.25) is 0 Å². The van der Waals surface area contributed by atoms with Crippen LogP contribution in [0.1, 0.15) is 0 Å². The predicted octanol–water partition coefficient (Wildman–Crippen LogP) is 14.3. The third-order valence-corrected chi connectivity index (χ3v) is 11.8. The Morgan fingerprint density at radius 3 is 1.67 bits per heavy atom. The van der Waals surface area contributed by atoms with Crippen molar-refractivity contribution < 1.29 is 0 Å². The maximum atomic E-state index is 4.73. The second kappa shape index (κ2) is 11.6. The van der Waals surface area contributed by atoms with Crippen molar-refractivity contribution in [1.29, 1.82) is 0 Å². The highest BCUT2D eigenvalue weighted by Gasteiger charge is 2.31. The summed E-state index contributed by atoms with van der Waals surface area (Å²) in [6, 6.07) is 69.0. The molecular weight excluding hydrogens is 665 g/mol. The lowest BCUT2D eigenvalue weighted by atomic mass is 9.82. The van der Waals surface area contributed by atoms with Crippen molar-refractivity contribution in [2.75, 3.05) is 0 Å². The molecule has 2 aromatic heterocycles. The SMILES string of the molecule is c1ccc(-c2c3c(c(-c4ccccc4)c4ccccc24)-c2ccc(-c4cccc(-n5c6ccccc6c6ccc7ncccc7c65)c4)c4cccc-3c24)cc1. The van der Waals surface area contributed by atoms with E-state index in [9.17, 15) is 0 Å². The highest BCUT2D eigenvalue weighted by atomic mass is 15.0. The minimum atomic E-state index is 1.000. The van der Waals surface area contributed by atoms with Crippen LogP contribution in [0.15, 0.2) is 194 Å². The molecule has 0 fully saturated rings. The lowest BCUT2D eigenvalue weighted by Crippen LogP contribution is -1.95. The number of hydrogen-bond donors (Lipinski definition) is 0. The third-order valence-electron chi connectivity index (χ3n) is 11.8. The largest absolute Gasteiger partial charge is 0.309 e. The summed E-state index contributed by atoms with van der Waals surface area (Å²) < 4.78 is 2.43. The minimum absolute atomic E-state index is 1.000. The molecule has 12 rings (SSSR count). The number of para-hydroxylation sites is 1. The monoisotopic (exact) mass is 696 g/mol. The van der Waals surface area contributed by atoms with Crippen LogP contribution in [0.4, 0.5) is 0 Å². The normalized spacial score (nSPS) is 12.0. The van der Waals surface area contributed by atoms with Crippen LogP contribution in [0.25, 0.3) is 116 Å². The van der Waals surface area contributed by atoms with Gasteiger partial charge in [-0.2, -0.15) is 0 Å². The van der Waals surface area contributed by atoms with Gasteiger partial charge in [0, 0.05) is 28.0 Å². The van der Waals surface area contributed by atoms with E-state index in [1.54, 1.807) is 0 Å². The molecule has 0 atom stereocenters. The molecule has 0 amide bonds. The van der Waals surface area contributed by atoms with E-state index in [4.69, 9.17) is 4.98 Å². The van der Waals surface area contributed by atoms with Gasteiger partial charge in [0.2, 0.25) is 0 Å². The Morgan fingerprint density at radius 1 is 0.345 bits per heavy atom. The maximum absolute atomic E-state index is 4.73. The zero-order valence-electron chi connectivity index (χ0n) is 29.9. The summed E-state index contributed by atoms with van der Waals surface area (Å²) in [7, 11) is 0. The van der Waals surface area contributed by atoms with Crippen molar-refractivity contribution >= 4 is 54.3 Å². The van der Waals surface area contributed by atoms with Crippen LogP contribution < -0.4 is 0 Å². The van der Waals surface area contributed by atoms with E-state index in [-0.39, 0.29) is 0 Å². The summed E-state index contributed by atoms with van der Waals surface area (Å²) in [5.74, 6) is 0. The molecule has 0 N–H and O–H groups in total. The molecular formula is C53H32N2. The van der Waals surface area contributed by atoms with E-state index in [0.29, 0.717) is 0 Å². The highest BCUT2D eigenvalue weighted by Crippen LogP contribution is 2.58. The molecule has 2 heterocycles.